The summed E-state index contributed by atoms with van der Waals surface area (Å²) in [6.45, 7) is 50.8. The predicted octanol–water partition coefficient (Wildman–Crippen LogP) is 8.55. The Labute approximate surface area is 390 Å². The molecule has 0 amide bonds. The van der Waals surface area contributed by atoms with Gasteiger partial charge in [0, 0.05) is 55.4 Å². The number of hydrogen-bond donors (Lipinski definition) is 10. The molecule has 0 aromatic heterocycles. The monoisotopic (exact) mass is 922 g/mol. The molecule has 5 fully saturated rings. The summed E-state index contributed by atoms with van der Waals surface area (Å²) in [6, 6.07) is 0. The molecule has 384 valence electrons. The van der Waals surface area contributed by atoms with Gasteiger partial charge in [-0.25, -0.2) is 0 Å². The number of aliphatic hydroxyl groups is 5. The van der Waals surface area contributed by atoms with Crippen molar-refractivity contribution in [1.82, 2.24) is 25.3 Å². The fraction of sp³-hybridized carbons (Fsp3) is 0.918. The molecule has 5 heterocycles. The van der Waals surface area contributed by atoms with Crippen molar-refractivity contribution in [2.24, 2.45) is 0 Å². The van der Waals surface area contributed by atoms with E-state index in [2.05, 4.69) is 26.3 Å². The summed E-state index contributed by atoms with van der Waals surface area (Å²) < 4.78 is 0. The number of piperidine rings is 5. The lowest BCUT2D eigenvalue weighted by molar-refractivity contribution is -0.257. The first kappa shape index (κ1) is 65.0. The second-order valence-corrected chi connectivity index (χ2v) is 25.0. The van der Waals surface area contributed by atoms with Crippen molar-refractivity contribution in [2.75, 3.05) is 0 Å². The molecule has 64 heavy (non-hydrogen) atoms. The van der Waals surface area contributed by atoms with Gasteiger partial charge in [0.15, 0.2) is 0 Å². The Balaban J connectivity index is 0. The van der Waals surface area contributed by atoms with Crippen LogP contribution in [-0.4, -0.2) is 163 Å². The van der Waals surface area contributed by atoms with E-state index in [0.29, 0.717) is 64.2 Å². The molecule has 0 saturated carbocycles. The van der Waals surface area contributed by atoms with Gasteiger partial charge in [0.2, 0.25) is 0 Å². The van der Waals surface area contributed by atoms with E-state index in [1.165, 1.54) is 25.3 Å². The molecule has 15 nitrogen and oxygen atoms in total. The molecule has 5 aliphatic heterocycles. The van der Waals surface area contributed by atoms with Crippen LogP contribution in [0.3, 0.4) is 0 Å². The highest BCUT2D eigenvalue weighted by molar-refractivity contribution is 4.99. The molecular weight excluding hydrogens is 819 g/mol. The van der Waals surface area contributed by atoms with Crippen LogP contribution in [0.5, 0.6) is 0 Å². The summed E-state index contributed by atoms with van der Waals surface area (Å²) in [5, 5.41) is 104. The van der Waals surface area contributed by atoms with Crippen LogP contribution in [0.2, 0.25) is 0 Å². The van der Waals surface area contributed by atoms with Crippen LogP contribution in [0, 0.1) is 0 Å². The van der Waals surface area contributed by atoms with Crippen LogP contribution < -0.4 is 0 Å². The minimum absolute atomic E-state index is 0.293. The molecule has 0 aromatic carbocycles. The van der Waals surface area contributed by atoms with E-state index in [1.54, 1.807) is 0 Å². The quantitative estimate of drug-likeness (QED) is 0.103. The molecule has 0 bridgehead atoms. The maximum Gasteiger partial charge on any atom is 0.0576 e. The zero-order chi connectivity index (χ0) is 51.8. The largest absolute Gasteiger partial charge is 0.393 e. The van der Waals surface area contributed by atoms with Crippen LogP contribution in [0.25, 0.3) is 0 Å². The highest BCUT2D eigenvalue weighted by Gasteiger charge is 2.48. The van der Waals surface area contributed by atoms with Crippen LogP contribution in [-0.2, 0) is 0 Å². The third-order valence-electron chi connectivity index (χ3n) is 13.1. The predicted molar refractivity (Wildman–Crippen MR) is 258 cm³/mol. The third-order valence-corrected chi connectivity index (χ3v) is 13.1. The standard InChI is InChI=1S/5C9H19NO2.2C2H4/c5*1-8(2)5-7(11)6-9(3,4)10(8)12;2*1-2/h5*7,11-12H,5-6H2,1-4H3;2*1-2H2. The Bertz CT molecular complexity index is 1060. The van der Waals surface area contributed by atoms with Crippen LogP contribution in [0.4, 0.5) is 0 Å². The lowest BCUT2D eigenvalue weighted by atomic mass is 9.80. The van der Waals surface area contributed by atoms with E-state index in [4.69, 9.17) is 0 Å². The highest BCUT2D eigenvalue weighted by Crippen LogP contribution is 2.40. The normalized spacial score (nSPS) is 28.7. The fourth-order valence-corrected chi connectivity index (χ4v) is 11.1. The van der Waals surface area contributed by atoms with E-state index in [1.807, 2.05) is 138 Å². The summed E-state index contributed by atoms with van der Waals surface area (Å²) >= 11 is 0. The Hall–Kier alpha value is -1.12. The van der Waals surface area contributed by atoms with Crippen LogP contribution >= 0.6 is 0 Å². The Morgan fingerprint density at radius 2 is 0.297 bits per heavy atom. The number of rotatable bonds is 0. The number of aliphatic hydroxyl groups excluding tert-OH is 5. The van der Waals surface area contributed by atoms with Gasteiger partial charge in [-0.1, -0.05) is 0 Å². The molecule has 15 heteroatoms. The summed E-state index contributed by atoms with van der Waals surface area (Å²) in [5.74, 6) is 0. The van der Waals surface area contributed by atoms with Crippen molar-refractivity contribution < 1.29 is 51.6 Å². The van der Waals surface area contributed by atoms with E-state index < -0.39 is 0 Å². The summed E-state index contributed by atoms with van der Waals surface area (Å²) in [7, 11) is 0. The zero-order valence-electron chi connectivity index (χ0n) is 44.5. The smallest absolute Gasteiger partial charge is 0.0576 e. The zero-order valence-corrected chi connectivity index (χ0v) is 44.5. The second-order valence-electron chi connectivity index (χ2n) is 25.0. The molecule has 5 aliphatic rings. The molecule has 0 spiro atoms. The van der Waals surface area contributed by atoms with E-state index >= 15 is 0 Å². The Kier molecular flexibility index (Phi) is 23.8. The van der Waals surface area contributed by atoms with E-state index in [9.17, 15) is 51.6 Å². The first-order valence-corrected chi connectivity index (χ1v) is 23.1. The summed E-state index contributed by atoms with van der Waals surface area (Å²) in [4.78, 5) is 0. The van der Waals surface area contributed by atoms with Crippen molar-refractivity contribution in [2.45, 2.75) is 289 Å². The van der Waals surface area contributed by atoms with Crippen molar-refractivity contribution in [3.63, 3.8) is 0 Å². The van der Waals surface area contributed by atoms with Gasteiger partial charge in [-0.3, -0.25) is 0 Å². The Morgan fingerprint density at radius 1 is 0.234 bits per heavy atom. The molecule has 5 rings (SSSR count). The fourth-order valence-electron chi connectivity index (χ4n) is 11.1. The van der Waals surface area contributed by atoms with Gasteiger partial charge >= 0.3 is 0 Å². The average molecular weight is 922 g/mol. The van der Waals surface area contributed by atoms with Crippen molar-refractivity contribution in [3.05, 3.63) is 26.3 Å². The first-order valence-electron chi connectivity index (χ1n) is 23.1. The third kappa shape index (κ3) is 18.4. The number of hydroxylamine groups is 10. The van der Waals surface area contributed by atoms with Crippen LogP contribution in [0.1, 0.15) is 203 Å². The summed E-state index contributed by atoms with van der Waals surface area (Å²) in [5.41, 5.74) is -3.18. The van der Waals surface area contributed by atoms with E-state index in [0.717, 1.165) is 0 Å². The maximum absolute atomic E-state index is 9.80. The Morgan fingerprint density at radius 3 is 0.359 bits per heavy atom. The topological polar surface area (TPSA) is 218 Å². The van der Waals surface area contributed by atoms with Gasteiger partial charge in [-0.2, -0.15) is 25.3 Å². The molecule has 5 saturated heterocycles. The van der Waals surface area contributed by atoms with Crippen molar-refractivity contribution >= 4 is 0 Å². The molecule has 0 atom stereocenters. The van der Waals surface area contributed by atoms with Gasteiger partial charge in [0.25, 0.3) is 0 Å². The van der Waals surface area contributed by atoms with Gasteiger partial charge < -0.3 is 51.6 Å². The van der Waals surface area contributed by atoms with Crippen molar-refractivity contribution in [3.8, 4) is 0 Å². The molecule has 0 unspecified atom stereocenters. The number of hydrogen-bond acceptors (Lipinski definition) is 15. The molecule has 10 N–H and O–H groups in total. The second kappa shape index (κ2) is 23.5. The average Bonchev–Trinajstić information content (AvgIpc) is 3.07. The molecule has 0 aromatic rings. The lowest BCUT2D eigenvalue weighted by Crippen LogP contribution is -2.60. The van der Waals surface area contributed by atoms with E-state index in [-0.39, 0.29) is 85.9 Å². The van der Waals surface area contributed by atoms with Gasteiger partial charge in [0.1, 0.15) is 0 Å². The molecular formula is C49H103N5O10. The number of nitrogens with zero attached hydrogens (tertiary/aromatic N) is 5. The molecule has 0 aliphatic carbocycles. The molecule has 0 radical (unpaired) electrons. The lowest BCUT2D eigenvalue weighted by Gasteiger charge is -2.50. The SMILES string of the molecule is C=C.C=C.CC1(C)CC(O)CC(C)(C)N1O.CC1(C)CC(O)CC(C)(C)N1O.CC1(C)CC(O)CC(C)(C)N1O.CC1(C)CC(O)CC(C)(C)N1O.CC1(C)CC(O)CC(C)(C)N1O. The highest BCUT2D eigenvalue weighted by atomic mass is 16.5. The van der Waals surface area contributed by atoms with Gasteiger partial charge in [-0.15, -0.1) is 26.3 Å². The first-order chi connectivity index (χ1) is 28.3. The maximum atomic E-state index is 9.80. The minimum Gasteiger partial charge on any atom is -0.393 e. The van der Waals surface area contributed by atoms with Crippen molar-refractivity contribution in [1.29, 1.82) is 0 Å². The van der Waals surface area contributed by atoms with Gasteiger partial charge in [-0.05, 0) is 203 Å². The minimum atomic E-state index is -0.318. The van der Waals surface area contributed by atoms with Crippen LogP contribution in [0.15, 0.2) is 26.3 Å². The summed E-state index contributed by atoms with van der Waals surface area (Å²) in [6.07, 6.45) is 4.85. The van der Waals surface area contributed by atoms with Gasteiger partial charge in [0.05, 0.1) is 30.5 Å².